The smallest absolute Gasteiger partial charge is 0.340 e. The molecule has 2 aromatic rings. The molecule has 0 fully saturated rings. The van der Waals surface area contributed by atoms with E-state index in [2.05, 4.69) is 63.5 Å². The van der Waals surface area contributed by atoms with Crippen molar-refractivity contribution >= 4 is 18.0 Å². The van der Waals surface area contributed by atoms with Crippen LogP contribution in [0.4, 0.5) is 0 Å². The molecule has 164 valence electrons. The number of ether oxygens (including phenoxy) is 1. The summed E-state index contributed by atoms with van der Waals surface area (Å²) >= 11 is 0. The lowest BCUT2D eigenvalue weighted by Gasteiger charge is -2.19. The Balaban J connectivity index is 2.14. The summed E-state index contributed by atoms with van der Waals surface area (Å²) in [4.78, 5) is 27.5. The number of amides is 1. The van der Waals surface area contributed by atoms with Gasteiger partial charge in [0.2, 0.25) is 0 Å². The highest BCUT2D eigenvalue weighted by Crippen LogP contribution is 2.33. The fraction of sp³-hybridized carbons (Fsp3) is 0.385. The second-order valence-corrected chi connectivity index (χ2v) is 8.83. The molecule has 5 nitrogen and oxygen atoms in total. The van der Waals surface area contributed by atoms with Crippen LogP contribution in [0.15, 0.2) is 41.1 Å². The Morgan fingerprint density at radius 1 is 1.03 bits per heavy atom. The number of hydrogen-bond donors (Lipinski definition) is 0. The second-order valence-electron chi connectivity index (χ2n) is 8.83. The number of aryl methyl sites for hydroxylation is 3. The van der Waals surface area contributed by atoms with E-state index < -0.39 is 5.97 Å². The minimum Gasteiger partial charge on any atom is -0.465 e. The molecule has 0 unspecified atom stereocenters. The van der Waals surface area contributed by atoms with Crippen molar-refractivity contribution in [3.63, 3.8) is 0 Å². The van der Waals surface area contributed by atoms with Crippen LogP contribution in [0.1, 0.15) is 48.8 Å². The number of allylic oxidation sites excluding steroid dienone is 1. The topological polar surface area (TPSA) is 51.5 Å². The van der Waals surface area contributed by atoms with Gasteiger partial charge < -0.3 is 14.2 Å². The zero-order valence-corrected chi connectivity index (χ0v) is 19.8. The highest BCUT2D eigenvalue weighted by Gasteiger charge is 2.37. The van der Waals surface area contributed by atoms with E-state index >= 15 is 0 Å². The quantitative estimate of drug-likeness (QED) is 0.503. The Labute approximate surface area is 185 Å². The third-order valence-corrected chi connectivity index (χ3v) is 5.68. The highest BCUT2D eigenvalue weighted by molar-refractivity contribution is 6.16. The molecule has 0 radical (unpaired) electrons. The molecule has 1 aromatic carbocycles. The maximum atomic E-state index is 13.3. The van der Waals surface area contributed by atoms with E-state index in [-0.39, 0.29) is 11.8 Å². The summed E-state index contributed by atoms with van der Waals surface area (Å²) in [5.74, 6) is -0.346. The van der Waals surface area contributed by atoms with E-state index in [1.165, 1.54) is 18.2 Å². The molecule has 0 saturated carbocycles. The van der Waals surface area contributed by atoms with E-state index in [0.29, 0.717) is 23.4 Å². The molecule has 1 amide bonds. The lowest BCUT2D eigenvalue weighted by molar-refractivity contribution is -0.136. The van der Waals surface area contributed by atoms with Gasteiger partial charge in [0.05, 0.1) is 18.3 Å². The fourth-order valence-corrected chi connectivity index (χ4v) is 4.38. The maximum Gasteiger partial charge on any atom is 0.340 e. The molecule has 31 heavy (non-hydrogen) atoms. The number of hydrogen-bond acceptors (Lipinski definition) is 3. The van der Waals surface area contributed by atoms with Crippen LogP contribution in [0.25, 0.3) is 11.8 Å². The van der Waals surface area contributed by atoms with Gasteiger partial charge in [-0.3, -0.25) is 4.79 Å². The van der Waals surface area contributed by atoms with Gasteiger partial charge in [-0.1, -0.05) is 19.9 Å². The van der Waals surface area contributed by atoms with Gasteiger partial charge in [0.15, 0.2) is 0 Å². The van der Waals surface area contributed by atoms with Crippen LogP contribution in [0.5, 0.6) is 0 Å². The minimum atomic E-state index is -0.480. The van der Waals surface area contributed by atoms with Crippen LogP contribution in [-0.2, 0) is 14.3 Å². The molecule has 0 N–H and O–H groups in total. The molecule has 1 aliphatic rings. The lowest BCUT2D eigenvalue weighted by Crippen LogP contribution is -2.28. The number of carbonyl (C=O) groups is 2. The predicted octanol–water partition coefficient (Wildman–Crippen LogP) is 5.04. The SMILES string of the molecule is COC(=O)C1=C(C)N(CC(C)C)C(=O)C1=Cc1cc(C)n(-c2cc(C)cc(C)c2)c1C. The number of benzene rings is 1. The monoisotopic (exact) mass is 420 g/mol. The van der Waals surface area contributed by atoms with Crippen molar-refractivity contribution in [2.45, 2.75) is 48.5 Å². The van der Waals surface area contributed by atoms with E-state index in [1.54, 1.807) is 4.90 Å². The Morgan fingerprint density at radius 2 is 1.65 bits per heavy atom. The molecular weight excluding hydrogens is 388 g/mol. The van der Waals surface area contributed by atoms with Crippen molar-refractivity contribution < 1.29 is 14.3 Å². The van der Waals surface area contributed by atoms with Gasteiger partial charge in [-0.2, -0.15) is 0 Å². The second kappa shape index (κ2) is 8.58. The zero-order valence-electron chi connectivity index (χ0n) is 19.8. The van der Waals surface area contributed by atoms with Gasteiger partial charge in [0, 0.05) is 29.3 Å². The molecule has 0 bridgehead atoms. The first-order chi connectivity index (χ1) is 14.5. The average Bonchev–Trinajstić information content (AvgIpc) is 3.08. The molecule has 3 rings (SSSR count). The summed E-state index contributed by atoms with van der Waals surface area (Å²) < 4.78 is 7.19. The number of esters is 1. The number of aromatic nitrogens is 1. The summed E-state index contributed by atoms with van der Waals surface area (Å²) in [7, 11) is 1.35. The maximum absolute atomic E-state index is 13.3. The summed E-state index contributed by atoms with van der Waals surface area (Å²) in [5, 5.41) is 0. The van der Waals surface area contributed by atoms with Crippen LogP contribution >= 0.6 is 0 Å². The first-order valence-electron chi connectivity index (χ1n) is 10.7. The predicted molar refractivity (Wildman–Crippen MR) is 124 cm³/mol. The minimum absolute atomic E-state index is 0.150. The first-order valence-corrected chi connectivity index (χ1v) is 10.7. The summed E-state index contributed by atoms with van der Waals surface area (Å²) in [6.45, 7) is 14.7. The van der Waals surface area contributed by atoms with Crippen LogP contribution in [0.3, 0.4) is 0 Å². The summed E-state index contributed by atoms with van der Waals surface area (Å²) in [6, 6.07) is 8.51. The number of methoxy groups -OCH3 is 1. The third kappa shape index (κ3) is 4.22. The molecule has 5 heteroatoms. The summed E-state index contributed by atoms with van der Waals surface area (Å²) in [6.07, 6.45) is 1.83. The van der Waals surface area contributed by atoms with Gasteiger partial charge in [0.1, 0.15) is 0 Å². The molecule has 1 aromatic heterocycles. The fourth-order valence-electron chi connectivity index (χ4n) is 4.38. The molecule has 1 aliphatic heterocycles. The van der Waals surface area contributed by atoms with Crippen LogP contribution in [-0.4, -0.2) is 35.0 Å². The van der Waals surface area contributed by atoms with Gasteiger partial charge in [0.25, 0.3) is 5.91 Å². The normalized spacial score (nSPS) is 15.6. The standard InChI is InChI=1S/C26H32N2O3/c1-15(2)14-27-20(7)24(26(30)31-8)23(25(27)29)13-21-12-18(5)28(19(21)6)22-10-16(3)9-17(4)11-22/h9-13,15H,14H2,1-8H3. The van der Waals surface area contributed by atoms with Crippen molar-refractivity contribution in [1.29, 1.82) is 0 Å². The molecule has 0 atom stereocenters. The van der Waals surface area contributed by atoms with Crippen molar-refractivity contribution in [3.05, 3.63) is 69.2 Å². The van der Waals surface area contributed by atoms with Crippen LogP contribution in [0.2, 0.25) is 0 Å². The van der Waals surface area contributed by atoms with E-state index in [4.69, 9.17) is 4.74 Å². The van der Waals surface area contributed by atoms with Crippen molar-refractivity contribution in [2.75, 3.05) is 13.7 Å². The summed E-state index contributed by atoms with van der Waals surface area (Å²) in [5.41, 5.74) is 7.89. The Hall–Kier alpha value is -3.08. The Kier molecular flexibility index (Phi) is 6.25. The first kappa shape index (κ1) is 22.6. The molecule has 0 aliphatic carbocycles. The van der Waals surface area contributed by atoms with Crippen molar-refractivity contribution in [2.24, 2.45) is 5.92 Å². The average molecular weight is 421 g/mol. The van der Waals surface area contributed by atoms with E-state index in [1.807, 2.05) is 19.9 Å². The van der Waals surface area contributed by atoms with Crippen LogP contribution < -0.4 is 0 Å². The lowest BCUT2D eigenvalue weighted by atomic mass is 10.0. The highest BCUT2D eigenvalue weighted by atomic mass is 16.5. The van der Waals surface area contributed by atoms with Crippen LogP contribution in [0, 0.1) is 33.6 Å². The van der Waals surface area contributed by atoms with Gasteiger partial charge in [-0.15, -0.1) is 0 Å². The van der Waals surface area contributed by atoms with Crippen molar-refractivity contribution in [3.8, 4) is 5.69 Å². The number of nitrogens with zero attached hydrogens (tertiary/aromatic N) is 2. The third-order valence-electron chi connectivity index (χ3n) is 5.68. The number of carbonyl (C=O) groups excluding carboxylic acids is 2. The molecule has 2 heterocycles. The van der Waals surface area contributed by atoms with E-state index in [0.717, 1.165) is 22.6 Å². The van der Waals surface area contributed by atoms with Gasteiger partial charge in [-0.05, 0) is 81.5 Å². The molecular formula is C26H32N2O3. The Bertz CT molecular complexity index is 1100. The molecule has 0 spiro atoms. The van der Waals surface area contributed by atoms with Crippen molar-refractivity contribution in [1.82, 2.24) is 9.47 Å². The largest absolute Gasteiger partial charge is 0.465 e. The Morgan fingerprint density at radius 3 is 2.19 bits per heavy atom. The number of rotatable bonds is 5. The molecule has 0 saturated heterocycles. The zero-order chi connectivity index (χ0) is 23.0. The van der Waals surface area contributed by atoms with Gasteiger partial charge >= 0.3 is 5.97 Å². The van der Waals surface area contributed by atoms with E-state index in [9.17, 15) is 9.59 Å². The van der Waals surface area contributed by atoms with Gasteiger partial charge in [-0.25, -0.2) is 4.79 Å².